The van der Waals surface area contributed by atoms with E-state index in [0.717, 1.165) is 28.3 Å². The molecule has 3 nitrogen and oxygen atoms in total. The Labute approximate surface area is 149 Å². The van der Waals surface area contributed by atoms with E-state index in [0.29, 0.717) is 11.5 Å². The molecule has 4 heteroatoms. The minimum absolute atomic E-state index is 0.136. The summed E-state index contributed by atoms with van der Waals surface area (Å²) in [5.74, 6) is 0.870. The molecule has 1 heterocycles. The summed E-state index contributed by atoms with van der Waals surface area (Å²) in [4.78, 5) is 0. The monoisotopic (exact) mass is 383 g/mol. The molecule has 0 saturated heterocycles. The van der Waals surface area contributed by atoms with Crippen molar-refractivity contribution in [1.29, 1.82) is 0 Å². The number of benzene rings is 2. The standard InChI is InChI=1S/C20H18BrNO2/c1-20(15-5-3-2-4-6-15)11-14(12-20)19(22-23)18-10-13-9-16(21)7-8-17(13)24-18/h2-10,14,23H,11-12H2,1H3/b22-19-. The van der Waals surface area contributed by atoms with Gasteiger partial charge in [-0.3, -0.25) is 0 Å². The second-order valence-corrected chi connectivity index (χ2v) is 7.73. The zero-order chi connectivity index (χ0) is 16.7. The Bertz CT molecular complexity index is 908. The quantitative estimate of drug-likeness (QED) is 0.356. The smallest absolute Gasteiger partial charge is 0.153 e. The molecular weight excluding hydrogens is 366 g/mol. The van der Waals surface area contributed by atoms with Gasteiger partial charge >= 0.3 is 0 Å². The van der Waals surface area contributed by atoms with Crippen LogP contribution in [0.3, 0.4) is 0 Å². The molecule has 0 spiro atoms. The molecule has 3 aromatic rings. The van der Waals surface area contributed by atoms with Gasteiger partial charge in [0.1, 0.15) is 11.3 Å². The van der Waals surface area contributed by atoms with Crippen molar-refractivity contribution in [1.82, 2.24) is 0 Å². The summed E-state index contributed by atoms with van der Waals surface area (Å²) in [6.07, 6.45) is 1.91. The molecule has 0 aliphatic heterocycles. The van der Waals surface area contributed by atoms with Crippen molar-refractivity contribution in [2.24, 2.45) is 11.1 Å². The zero-order valence-corrected chi connectivity index (χ0v) is 15.0. The van der Waals surface area contributed by atoms with E-state index < -0.39 is 0 Å². The normalized spacial score (nSPS) is 24.1. The Morgan fingerprint density at radius 2 is 1.92 bits per heavy atom. The van der Waals surface area contributed by atoms with Crippen molar-refractivity contribution in [2.45, 2.75) is 25.2 Å². The number of hydrogen-bond acceptors (Lipinski definition) is 3. The van der Waals surface area contributed by atoms with Crippen LogP contribution in [0.15, 0.2) is 68.6 Å². The Kier molecular flexibility index (Phi) is 3.72. The van der Waals surface area contributed by atoms with Crippen LogP contribution in [0.1, 0.15) is 31.1 Å². The molecule has 1 fully saturated rings. The van der Waals surface area contributed by atoms with Crippen LogP contribution < -0.4 is 0 Å². The van der Waals surface area contributed by atoms with E-state index in [-0.39, 0.29) is 11.3 Å². The third-order valence-electron chi connectivity index (χ3n) is 5.09. The van der Waals surface area contributed by atoms with Crippen molar-refractivity contribution < 1.29 is 9.62 Å². The van der Waals surface area contributed by atoms with Crippen molar-refractivity contribution in [2.75, 3.05) is 0 Å². The molecular formula is C20H18BrNO2. The summed E-state index contributed by atoms with van der Waals surface area (Å²) in [6.45, 7) is 2.27. The Hall–Kier alpha value is -2.07. The molecule has 4 rings (SSSR count). The Balaban J connectivity index is 1.59. The maximum atomic E-state index is 9.55. The van der Waals surface area contributed by atoms with Crippen molar-refractivity contribution in [3.8, 4) is 0 Å². The van der Waals surface area contributed by atoms with Gasteiger partial charge in [-0.1, -0.05) is 58.3 Å². The second-order valence-electron chi connectivity index (χ2n) is 6.81. The summed E-state index contributed by atoms with van der Waals surface area (Å²) < 4.78 is 6.90. The average Bonchev–Trinajstić information content (AvgIpc) is 2.97. The molecule has 0 unspecified atom stereocenters. The Morgan fingerprint density at radius 3 is 2.62 bits per heavy atom. The van der Waals surface area contributed by atoms with Gasteiger partial charge in [0, 0.05) is 15.8 Å². The first-order chi connectivity index (χ1) is 11.6. The maximum absolute atomic E-state index is 9.55. The highest BCUT2D eigenvalue weighted by molar-refractivity contribution is 9.10. The molecule has 0 bridgehead atoms. The van der Waals surface area contributed by atoms with Crippen LogP contribution in [0, 0.1) is 5.92 Å². The molecule has 122 valence electrons. The summed E-state index contributed by atoms with van der Waals surface area (Å²) >= 11 is 3.47. The summed E-state index contributed by atoms with van der Waals surface area (Å²) in [6, 6.07) is 18.4. The second kappa shape index (κ2) is 5.78. The van der Waals surface area contributed by atoms with Crippen LogP contribution in [0.2, 0.25) is 0 Å². The highest BCUT2D eigenvalue weighted by Crippen LogP contribution is 2.49. The third-order valence-corrected chi connectivity index (χ3v) is 5.58. The number of oxime groups is 1. The molecule has 1 saturated carbocycles. The number of hydrogen-bond donors (Lipinski definition) is 1. The fourth-order valence-corrected chi connectivity index (χ4v) is 4.15. The molecule has 0 atom stereocenters. The first-order valence-electron chi connectivity index (χ1n) is 8.06. The van der Waals surface area contributed by atoms with Gasteiger partial charge in [0.2, 0.25) is 0 Å². The number of furan rings is 1. The number of nitrogens with zero attached hydrogens (tertiary/aromatic N) is 1. The first-order valence-corrected chi connectivity index (χ1v) is 8.85. The number of fused-ring (bicyclic) bond motifs is 1. The molecule has 0 amide bonds. The zero-order valence-electron chi connectivity index (χ0n) is 13.4. The largest absolute Gasteiger partial charge is 0.455 e. The van der Waals surface area contributed by atoms with Crippen LogP contribution in [0.4, 0.5) is 0 Å². The van der Waals surface area contributed by atoms with Crippen molar-refractivity contribution in [3.05, 3.63) is 70.4 Å². The first kappa shape index (κ1) is 15.5. The molecule has 1 aromatic heterocycles. The van der Waals surface area contributed by atoms with E-state index in [4.69, 9.17) is 4.42 Å². The van der Waals surface area contributed by atoms with Gasteiger partial charge < -0.3 is 9.62 Å². The van der Waals surface area contributed by atoms with Crippen LogP contribution >= 0.6 is 15.9 Å². The molecule has 1 N–H and O–H groups in total. The topological polar surface area (TPSA) is 45.7 Å². The maximum Gasteiger partial charge on any atom is 0.153 e. The predicted octanol–water partition coefficient (Wildman–Crippen LogP) is 5.74. The van der Waals surface area contributed by atoms with Gasteiger partial charge in [-0.2, -0.15) is 0 Å². The van der Waals surface area contributed by atoms with Gasteiger partial charge in [-0.25, -0.2) is 0 Å². The van der Waals surface area contributed by atoms with Crippen LogP contribution in [0.25, 0.3) is 11.0 Å². The molecule has 1 aliphatic rings. The fraction of sp³-hybridized carbons (Fsp3) is 0.250. The molecule has 0 radical (unpaired) electrons. The highest BCUT2D eigenvalue weighted by atomic mass is 79.9. The average molecular weight is 384 g/mol. The van der Waals surface area contributed by atoms with E-state index in [9.17, 15) is 5.21 Å². The van der Waals surface area contributed by atoms with Gasteiger partial charge in [-0.05, 0) is 48.1 Å². The number of halogens is 1. The van der Waals surface area contributed by atoms with E-state index in [1.165, 1.54) is 5.56 Å². The van der Waals surface area contributed by atoms with E-state index in [2.05, 4.69) is 52.3 Å². The van der Waals surface area contributed by atoms with Crippen LogP contribution in [-0.2, 0) is 5.41 Å². The Morgan fingerprint density at radius 1 is 1.17 bits per heavy atom. The van der Waals surface area contributed by atoms with Gasteiger partial charge in [0.05, 0.1) is 0 Å². The molecule has 2 aromatic carbocycles. The van der Waals surface area contributed by atoms with Crippen molar-refractivity contribution >= 4 is 32.6 Å². The number of rotatable bonds is 3. The lowest BCUT2D eigenvalue weighted by Gasteiger charge is -2.45. The lowest BCUT2D eigenvalue weighted by atomic mass is 9.58. The van der Waals surface area contributed by atoms with Crippen LogP contribution in [-0.4, -0.2) is 10.9 Å². The lowest BCUT2D eigenvalue weighted by Crippen LogP contribution is -2.42. The molecule has 24 heavy (non-hydrogen) atoms. The minimum Gasteiger partial charge on any atom is -0.455 e. The summed E-state index contributed by atoms with van der Waals surface area (Å²) in [5, 5.41) is 14.1. The van der Waals surface area contributed by atoms with E-state index in [1.807, 2.05) is 30.3 Å². The van der Waals surface area contributed by atoms with Crippen LogP contribution in [0.5, 0.6) is 0 Å². The van der Waals surface area contributed by atoms with Gasteiger partial charge in [0.25, 0.3) is 0 Å². The summed E-state index contributed by atoms with van der Waals surface area (Å²) in [7, 11) is 0. The molecule has 1 aliphatic carbocycles. The fourth-order valence-electron chi connectivity index (χ4n) is 3.77. The lowest BCUT2D eigenvalue weighted by molar-refractivity contribution is 0.209. The van der Waals surface area contributed by atoms with Gasteiger partial charge in [-0.15, -0.1) is 0 Å². The van der Waals surface area contributed by atoms with Crippen molar-refractivity contribution in [3.63, 3.8) is 0 Å². The van der Waals surface area contributed by atoms with E-state index >= 15 is 0 Å². The minimum atomic E-state index is 0.136. The van der Waals surface area contributed by atoms with Gasteiger partial charge in [0.15, 0.2) is 5.76 Å². The van der Waals surface area contributed by atoms with E-state index in [1.54, 1.807) is 0 Å². The highest BCUT2D eigenvalue weighted by Gasteiger charge is 2.45. The third kappa shape index (κ3) is 2.55. The predicted molar refractivity (Wildman–Crippen MR) is 98.8 cm³/mol. The SMILES string of the molecule is CC1(c2ccccc2)CC(/C(=N/O)c2cc3cc(Br)ccc3o2)C1. The summed E-state index contributed by atoms with van der Waals surface area (Å²) in [5.41, 5.74) is 2.93.